The van der Waals surface area contributed by atoms with E-state index < -0.39 is 50.1 Å². The number of nitrogens with zero attached hydrogens (tertiary/aromatic N) is 2. The average molecular weight is 701 g/mol. The predicted octanol–water partition coefficient (Wildman–Crippen LogP) is 7.70. The number of hydrogen-bond acceptors (Lipinski definition) is 8. The second kappa shape index (κ2) is 11.0. The van der Waals surface area contributed by atoms with E-state index in [0.717, 1.165) is 4.90 Å². The lowest BCUT2D eigenvalue weighted by molar-refractivity contribution is 0.0974. The summed E-state index contributed by atoms with van der Waals surface area (Å²) in [6.07, 6.45) is 0.170. The van der Waals surface area contributed by atoms with Gasteiger partial charge in [-0.2, -0.15) is 4.39 Å². The minimum Gasteiger partial charge on any atom is -0.506 e. The summed E-state index contributed by atoms with van der Waals surface area (Å²) >= 11 is 3.32. The van der Waals surface area contributed by atoms with Crippen molar-refractivity contribution in [2.24, 2.45) is 5.41 Å². The van der Waals surface area contributed by atoms with Crippen LogP contribution in [-0.4, -0.2) is 30.2 Å². The summed E-state index contributed by atoms with van der Waals surface area (Å²) in [5.74, 6) is -4.15. The van der Waals surface area contributed by atoms with Gasteiger partial charge in [0.1, 0.15) is 29.0 Å². The Morgan fingerprint density at radius 1 is 1.09 bits per heavy atom. The minimum absolute atomic E-state index is 0.0285. The zero-order valence-corrected chi connectivity index (χ0v) is 27.0. The van der Waals surface area contributed by atoms with E-state index in [1.165, 1.54) is 44.2 Å². The summed E-state index contributed by atoms with van der Waals surface area (Å²) in [4.78, 5) is 19.3. The fourth-order valence-electron chi connectivity index (χ4n) is 5.93. The van der Waals surface area contributed by atoms with Gasteiger partial charge in [0.25, 0.3) is 5.91 Å². The molecule has 13 heteroatoms. The molecule has 0 saturated heterocycles. The Morgan fingerprint density at radius 2 is 1.82 bits per heavy atom. The van der Waals surface area contributed by atoms with Crippen LogP contribution in [0.1, 0.15) is 54.0 Å². The van der Waals surface area contributed by atoms with Gasteiger partial charge < -0.3 is 19.6 Å². The number of ether oxygens (including phenoxy) is 1. The summed E-state index contributed by atoms with van der Waals surface area (Å²) in [7, 11) is -4.22. The number of phenols is 1. The summed E-state index contributed by atoms with van der Waals surface area (Å²) in [6, 6.07) is 11.6. The highest BCUT2D eigenvalue weighted by Gasteiger charge is 2.48. The number of halogens is 3. The maximum absolute atomic E-state index is 16.4. The quantitative estimate of drug-likeness (QED) is 0.208. The smallest absolute Gasteiger partial charge is 0.281 e. The molecule has 45 heavy (non-hydrogen) atoms. The third-order valence-electron chi connectivity index (χ3n) is 7.68. The molecule has 1 amide bonds. The molecule has 1 unspecified atom stereocenters. The van der Waals surface area contributed by atoms with Crippen LogP contribution in [0.25, 0.3) is 0 Å². The number of aromatic nitrogens is 1. The van der Waals surface area contributed by atoms with Crippen LogP contribution in [0.3, 0.4) is 0 Å². The molecule has 3 aromatic carbocycles. The number of fused-ring (bicyclic) bond motifs is 1. The fraction of sp³-hybridized carbons (Fsp3) is 0.250. The molecule has 1 aromatic heterocycles. The topological polar surface area (TPSA) is 122 Å². The number of para-hydroxylation sites is 2. The summed E-state index contributed by atoms with van der Waals surface area (Å²) < 4.78 is 72.2. The first-order valence-electron chi connectivity index (χ1n) is 13.9. The van der Waals surface area contributed by atoms with Gasteiger partial charge >= 0.3 is 0 Å². The number of phenolic OH excluding ortho intramolecular Hbond substituents is 1. The molecule has 0 bridgehead atoms. The predicted molar refractivity (Wildman–Crippen MR) is 167 cm³/mol. The second-order valence-corrected chi connectivity index (χ2v) is 14.6. The Bertz CT molecular complexity index is 2020. The zero-order chi connectivity index (χ0) is 32.4. The first kappa shape index (κ1) is 30.8. The second-order valence-electron chi connectivity index (χ2n) is 11.8. The molecule has 2 N–H and O–H groups in total. The van der Waals surface area contributed by atoms with Crippen molar-refractivity contribution < 1.29 is 36.3 Å². The number of sulfone groups is 1. The van der Waals surface area contributed by atoms with Crippen molar-refractivity contribution in [3.05, 3.63) is 104 Å². The molecule has 9 nitrogen and oxygen atoms in total. The number of carbonyl (C=O) groups is 1. The maximum atomic E-state index is 16.4. The molecule has 6 rings (SSSR count). The van der Waals surface area contributed by atoms with Gasteiger partial charge in [0, 0.05) is 18.2 Å². The van der Waals surface area contributed by atoms with Crippen molar-refractivity contribution in [3.8, 4) is 17.2 Å². The van der Waals surface area contributed by atoms with Gasteiger partial charge in [0.2, 0.25) is 5.82 Å². The van der Waals surface area contributed by atoms with Crippen LogP contribution in [0.5, 0.6) is 17.2 Å². The molecule has 0 saturated carbocycles. The van der Waals surface area contributed by atoms with Gasteiger partial charge in [-0.15, -0.1) is 0 Å². The van der Waals surface area contributed by atoms with Crippen molar-refractivity contribution in [3.63, 3.8) is 0 Å². The van der Waals surface area contributed by atoms with E-state index in [4.69, 9.17) is 9.15 Å². The van der Waals surface area contributed by atoms with Crippen molar-refractivity contribution in [1.82, 2.24) is 4.98 Å². The standard InChI is InChI=1S/C32H28BrF2N3O6S/c1-16-27(36-17(2)43-16)31(40)38-21-9-7-10-22(39)28(21)37-20-14-32(3,4)15-45(41,42)30(20)29(38)18-12-13-24(26(35)25(18)34)44-23-11-6-5-8-19(23)33/h5-13,29,37,39H,14-15H2,1-4H3. The van der Waals surface area contributed by atoms with Gasteiger partial charge in [-0.25, -0.2) is 17.8 Å². The molecule has 2 aliphatic rings. The van der Waals surface area contributed by atoms with Crippen molar-refractivity contribution >= 4 is 43.0 Å². The highest BCUT2D eigenvalue weighted by molar-refractivity contribution is 9.10. The SMILES string of the molecule is Cc1nc(C(=O)N2c3cccc(O)c3NC3=C(C2c2ccc(Oc4ccccc4Br)c(F)c2F)S(=O)(=O)CC(C)(C)C3)c(C)o1. The third kappa shape index (κ3) is 5.37. The van der Waals surface area contributed by atoms with Crippen molar-refractivity contribution in [2.45, 2.75) is 40.2 Å². The molecule has 2 aliphatic heterocycles. The van der Waals surface area contributed by atoms with Crippen LogP contribution in [0.2, 0.25) is 0 Å². The Morgan fingerprint density at radius 3 is 2.51 bits per heavy atom. The molecule has 0 aliphatic carbocycles. The van der Waals surface area contributed by atoms with E-state index in [1.807, 2.05) is 0 Å². The number of anilines is 2. The van der Waals surface area contributed by atoms with Crippen LogP contribution >= 0.6 is 15.9 Å². The highest BCUT2D eigenvalue weighted by Crippen LogP contribution is 2.52. The van der Waals surface area contributed by atoms with Gasteiger partial charge in [0.15, 0.2) is 33.0 Å². The lowest BCUT2D eigenvalue weighted by Gasteiger charge is -2.37. The molecule has 3 heterocycles. The monoisotopic (exact) mass is 699 g/mol. The van der Waals surface area contributed by atoms with Gasteiger partial charge in [-0.05, 0) is 71.1 Å². The number of allylic oxidation sites excluding steroid dienone is 1. The first-order chi connectivity index (χ1) is 21.2. The summed E-state index contributed by atoms with van der Waals surface area (Å²) in [6.45, 7) is 6.58. The number of aryl methyl sites for hydroxylation is 2. The largest absolute Gasteiger partial charge is 0.506 e. The summed E-state index contributed by atoms with van der Waals surface area (Å²) in [5, 5.41) is 14.0. The average Bonchev–Trinajstić information content (AvgIpc) is 3.21. The van der Waals surface area contributed by atoms with Gasteiger partial charge in [-0.1, -0.05) is 32.0 Å². The highest BCUT2D eigenvalue weighted by atomic mass is 79.9. The Labute approximate surface area is 266 Å². The molecule has 0 spiro atoms. The van der Waals surface area contributed by atoms with Crippen LogP contribution < -0.4 is 15.0 Å². The van der Waals surface area contributed by atoms with E-state index in [0.29, 0.717) is 4.47 Å². The first-order valence-corrected chi connectivity index (χ1v) is 16.4. The molecule has 1 atom stereocenters. The van der Waals surface area contributed by atoms with E-state index in [1.54, 1.807) is 38.1 Å². The van der Waals surface area contributed by atoms with Crippen LogP contribution in [0.15, 0.2) is 74.1 Å². The molecule has 0 radical (unpaired) electrons. The zero-order valence-electron chi connectivity index (χ0n) is 24.6. The fourth-order valence-corrected chi connectivity index (χ4v) is 8.66. The van der Waals surface area contributed by atoms with Crippen LogP contribution in [-0.2, 0) is 9.84 Å². The van der Waals surface area contributed by atoms with Crippen molar-refractivity contribution in [1.29, 1.82) is 0 Å². The van der Waals surface area contributed by atoms with Crippen LogP contribution in [0.4, 0.5) is 20.2 Å². The number of carbonyl (C=O) groups excluding carboxylic acids is 1. The molecule has 234 valence electrons. The van der Waals surface area contributed by atoms with E-state index in [2.05, 4.69) is 26.2 Å². The van der Waals surface area contributed by atoms with E-state index in [-0.39, 0.29) is 63.0 Å². The molecule has 4 aromatic rings. The lowest BCUT2D eigenvalue weighted by atomic mass is 9.88. The Kier molecular flexibility index (Phi) is 7.51. The molecular formula is C32H28BrF2N3O6S. The van der Waals surface area contributed by atoms with Gasteiger partial charge in [-0.3, -0.25) is 9.69 Å². The maximum Gasteiger partial charge on any atom is 0.281 e. The Hall–Kier alpha value is -4.23. The third-order valence-corrected chi connectivity index (χ3v) is 10.6. The molecular weight excluding hydrogens is 672 g/mol. The van der Waals surface area contributed by atoms with Crippen LogP contribution in [0, 0.1) is 30.9 Å². The number of hydrogen-bond donors (Lipinski definition) is 2. The number of nitrogens with one attached hydrogen (secondary N) is 1. The number of rotatable bonds is 4. The lowest BCUT2D eigenvalue weighted by Crippen LogP contribution is -2.41. The van der Waals surface area contributed by atoms with E-state index >= 15 is 8.78 Å². The van der Waals surface area contributed by atoms with Crippen molar-refractivity contribution in [2.75, 3.05) is 16.0 Å². The minimum atomic E-state index is -4.22. The number of aromatic hydroxyl groups is 1. The summed E-state index contributed by atoms with van der Waals surface area (Å²) in [5.41, 5.74) is -1.15. The van der Waals surface area contributed by atoms with Gasteiger partial charge in [0.05, 0.1) is 20.8 Å². The normalized spacial score (nSPS) is 18.5. The number of benzene rings is 3. The molecule has 0 fully saturated rings. The van der Waals surface area contributed by atoms with E-state index in [9.17, 15) is 18.3 Å². The number of amides is 1. The number of oxazole rings is 1. The Balaban J connectivity index is 1.64.